The topological polar surface area (TPSA) is 56.5 Å². The molecule has 0 radical (unpaired) electrons. The van der Waals surface area contributed by atoms with Crippen LogP contribution in [0.4, 0.5) is 18.0 Å². The highest BCUT2D eigenvalue weighted by Crippen LogP contribution is 2.31. The van der Waals surface area contributed by atoms with Gasteiger partial charge in [0, 0.05) is 13.1 Å². The van der Waals surface area contributed by atoms with Gasteiger partial charge in [-0.25, -0.2) is 9.59 Å². The van der Waals surface area contributed by atoms with E-state index in [0.29, 0.717) is 29.8 Å². The lowest BCUT2D eigenvalue weighted by molar-refractivity contribution is -0.137. The SMILES string of the molecule is CC(C)(C)OC(=O)N1CC(n2c(=O)n(-c3ccc(C(F)(F)F)cc3)c3ccccc32)C1. The first-order chi connectivity index (χ1) is 14.5. The number of carbonyl (C=O) groups is 1. The van der Waals surface area contributed by atoms with Crippen LogP contribution >= 0.6 is 0 Å². The van der Waals surface area contributed by atoms with Crippen LogP contribution in [0.2, 0.25) is 0 Å². The lowest BCUT2D eigenvalue weighted by Crippen LogP contribution is -2.53. The Hall–Kier alpha value is -3.23. The predicted octanol–water partition coefficient (Wildman–Crippen LogP) is 4.60. The van der Waals surface area contributed by atoms with Gasteiger partial charge < -0.3 is 9.64 Å². The highest BCUT2D eigenvalue weighted by molar-refractivity contribution is 5.78. The fraction of sp³-hybridized carbons (Fsp3) is 0.364. The minimum atomic E-state index is -4.45. The van der Waals surface area contributed by atoms with Gasteiger partial charge in [-0.3, -0.25) is 9.13 Å². The zero-order valence-corrected chi connectivity index (χ0v) is 17.3. The highest BCUT2D eigenvalue weighted by Gasteiger charge is 2.37. The number of rotatable bonds is 2. The Morgan fingerprint density at radius 3 is 2.10 bits per heavy atom. The monoisotopic (exact) mass is 433 g/mol. The van der Waals surface area contributed by atoms with Crippen LogP contribution in [0.3, 0.4) is 0 Å². The number of carbonyl (C=O) groups excluding carboxylic acids is 1. The molecule has 1 aromatic heterocycles. The number of hydrogen-bond donors (Lipinski definition) is 0. The molecule has 31 heavy (non-hydrogen) atoms. The summed E-state index contributed by atoms with van der Waals surface area (Å²) in [6, 6.07) is 11.3. The normalized spacial score (nSPS) is 15.2. The number of halogens is 3. The number of likely N-dealkylation sites (tertiary alicyclic amines) is 1. The van der Waals surface area contributed by atoms with E-state index in [1.807, 2.05) is 0 Å². The lowest BCUT2D eigenvalue weighted by atomic mass is 10.1. The number of hydrogen-bond acceptors (Lipinski definition) is 3. The van der Waals surface area contributed by atoms with Gasteiger partial charge in [0.15, 0.2) is 0 Å². The summed E-state index contributed by atoms with van der Waals surface area (Å²) in [5.74, 6) is 0. The summed E-state index contributed by atoms with van der Waals surface area (Å²) >= 11 is 0. The number of nitrogens with zero attached hydrogens (tertiary/aromatic N) is 3. The molecule has 9 heteroatoms. The fourth-order valence-electron chi connectivity index (χ4n) is 3.67. The number of aromatic nitrogens is 2. The summed E-state index contributed by atoms with van der Waals surface area (Å²) in [6.45, 7) is 5.98. The number of ether oxygens (including phenoxy) is 1. The molecule has 6 nitrogen and oxygen atoms in total. The van der Waals surface area contributed by atoms with Gasteiger partial charge in [0.2, 0.25) is 0 Å². The van der Waals surface area contributed by atoms with Crippen LogP contribution in [0.1, 0.15) is 32.4 Å². The lowest BCUT2D eigenvalue weighted by Gasteiger charge is -2.40. The zero-order valence-electron chi connectivity index (χ0n) is 17.3. The van der Waals surface area contributed by atoms with Crippen LogP contribution < -0.4 is 5.69 Å². The van der Waals surface area contributed by atoms with Crippen molar-refractivity contribution in [1.82, 2.24) is 14.0 Å². The molecule has 1 aliphatic heterocycles. The van der Waals surface area contributed by atoms with Crippen molar-refractivity contribution in [2.75, 3.05) is 13.1 Å². The molecule has 1 aliphatic rings. The van der Waals surface area contributed by atoms with Crippen LogP contribution in [0, 0.1) is 0 Å². The molecule has 2 aromatic carbocycles. The van der Waals surface area contributed by atoms with Gasteiger partial charge in [-0.1, -0.05) is 12.1 Å². The van der Waals surface area contributed by atoms with Gasteiger partial charge in [-0.05, 0) is 57.2 Å². The summed E-state index contributed by atoms with van der Waals surface area (Å²) < 4.78 is 47.1. The summed E-state index contributed by atoms with van der Waals surface area (Å²) in [5.41, 5.74) is -0.173. The Kier molecular flexibility index (Phi) is 4.87. The van der Waals surface area contributed by atoms with E-state index in [4.69, 9.17) is 4.74 Å². The molecule has 0 bridgehead atoms. The Bertz CT molecular complexity index is 1180. The number of fused-ring (bicyclic) bond motifs is 1. The standard InChI is InChI=1S/C22H22F3N3O3/c1-21(2,3)31-20(30)26-12-16(13-26)28-18-7-5-4-6-17(18)27(19(28)29)15-10-8-14(9-11-15)22(23,24)25/h4-11,16H,12-13H2,1-3H3. The molecule has 1 fully saturated rings. The maximum Gasteiger partial charge on any atom is 0.416 e. The highest BCUT2D eigenvalue weighted by atomic mass is 19.4. The smallest absolute Gasteiger partial charge is 0.416 e. The van der Waals surface area contributed by atoms with Crippen molar-refractivity contribution in [3.63, 3.8) is 0 Å². The van der Waals surface area contributed by atoms with Gasteiger partial charge in [-0.2, -0.15) is 13.2 Å². The Labute approximate surface area is 176 Å². The summed E-state index contributed by atoms with van der Waals surface area (Å²) in [6.07, 6.45) is -4.89. The molecule has 3 aromatic rings. The molecule has 1 amide bonds. The van der Waals surface area contributed by atoms with Gasteiger partial charge in [-0.15, -0.1) is 0 Å². The van der Waals surface area contributed by atoms with E-state index in [1.165, 1.54) is 21.6 Å². The second-order valence-corrected chi connectivity index (χ2v) is 8.56. The molecule has 0 aliphatic carbocycles. The Morgan fingerprint density at radius 2 is 1.55 bits per heavy atom. The second-order valence-electron chi connectivity index (χ2n) is 8.56. The first kappa shape index (κ1) is 21.0. The summed E-state index contributed by atoms with van der Waals surface area (Å²) in [5, 5.41) is 0. The van der Waals surface area contributed by atoms with Crippen LogP contribution in [-0.2, 0) is 10.9 Å². The van der Waals surface area contributed by atoms with E-state index in [-0.39, 0.29) is 11.7 Å². The summed E-state index contributed by atoms with van der Waals surface area (Å²) in [7, 11) is 0. The van der Waals surface area contributed by atoms with Crippen molar-refractivity contribution in [1.29, 1.82) is 0 Å². The number of para-hydroxylation sites is 2. The maximum absolute atomic E-state index is 13.3. The molecular weight excluding hydrogens is 411 g/mol. The third-order valence-corrected chi connectivity index (χ3v) is 5.11. The third kappa shape index (κ3) is 3.92. The van der Waals surface area contributed by atoms with E-state index in [2.05, 4.69) is 0 Å². The van der Waals surface area contributed by atoms with Crippen LogP contribution in [0.5, 0.6) is 0 Å². The third-order valence-electron chi connectivity index (χ3n) is 5.11. The number of alkyl halides is 3. The molecule has 164 valence electrons. The van der Waals surface area contributed by atoms with Crippen molar-refractivity contribution >= 4 is 17.1 Å². The molecule has 0 unspecified atom stereocenters. The van der Waals surface area contributed by atoms with E-state index >= 15 is 0 Å². The minimum absolute atomic E-state index is 0.249. The maximum atomic E-state index is 13.3. The largest absolute Gasteiger partial charge is 0.444 e. The second kappa shape index (κ2) is 7.18. The average Bonchev–Trinajstić information content (AvgIpc) is 2.91. The zero-order chi connectivity index (χ0) is 22.6. The quantitative estimate of drug-likeness (QED) is 0.594. The van der Waals surface area contributed by atoms with Gasteiger partial charge in [0.1, 0.15) is 5.60 Å². The number of imidazole rings is 1. The van der Waals surface area contributed by atoms with E-state index in [9.17, 15) is 22.8 Å². The number of amides is 1. The van der Waals surface area contributed by atoms with Crippen molar-refractivity contribution in [2.24, 2.45) is 0 Å². The minimum Gasteiger partial charge on any atom is -0.444 e. The van der Waals surface area contributed by atoms with Crippen LogP contribution in [0.25, 0.3) is 16.7 Å². The molecule has 4 rings (SSSR count). The van der Waals surface area contributed by atoms with Crippen molar-refractivity contribution in [3.05, 3.63) is 64.6 Å². The Morgan fingerprint density at radius 1 is 0.968 bits per heavy atom. The van der Waals surface area contributed by atoms with Crippen molar-refractivity contribution in [2.45, 2.75) is 38.6 Å². The average molecular weight is 433 g/mol. The molecular formula is C22H22F3N3O3. The van der Waals surface area contributed by atoms with Crippen LogP contribution in [0.15, 0.2) is 53.3 Å². The molecule has 0 saturated carbocycles. The van der Waals surface area contributed by atoms with E-state index in [0.717, 1.165) is 12.1 Å². The van der Waals surface area contributed by atoms with Gasteiger partial charge in [0.05, 0.1) is 28.3 Å². The first-order valence-electron chi connectivity index (χ1n) is 9.83. The Balaban J connectivity index is 1.68. The van der Waals surface area contributed by atoms with Gasteiger partial charge >= 0.3 is 18.0 Å². The molecule has 0 spiro atoms. The number of benzene rings is 2. The first-order valence-corrected chi connectivity index (χ1v) is 9.83. The van der Waals surface area contributed by atoms with Gasteiger partial charge in [0.25, 0.3) is 0 Å². The fourth-order valence-corrected chi connectivity index (χ4v) is 3.67. The molecule has 0 N–H and O–H groups in total. The predicted molar refractivity (Wildman–Crippen MR) is 109 cm³/mol. The summed E-state index contributed by atoms with van der Waals surface area (Å²) in [4.78, 5) is 27.0. The van der Waals surface area contributed by atoms with E-state index in [1.54, 1.807) is 49.6 Å². The van der Waals surface area contributed by atoms with Crippen molar-refractivity contribution < 1.29 is 22.7 Å². The molecule has 0 atom stereocenters. The van der Waals surface area contributed by atoms with E-state index < -0.39 is 23.4 Å². The van der Waals surface area contributed by atoms with Crippen LogP contribution in [-0.4, -0.2) is 38.8 Å². The van der Waals surface area contributed by atoms with Crippen molar-refractivity contribution in [3.8, 4) is 5.69 Å². The molecule has 1 saturated heterocycles. The molecule has 2 heterocycles.